The van der Waals surface area contributed by atoms with Crippen LogP contribution in [0.5, 0.6) is 0 Å². The van der Waals surface area contributed by atoms with Crippen molar-refractivity contribution in [1.82, 2.24) is 9.29 Å². The third kappa shape index (κ3) is 4.42. The summed E-state index contributed by atoms with van der Waals surface area (Å²) in [4.78, 5) is 17.4. The Kier molecular flexibility index (Phi) is 6.35. The average Bonchev–Trinajstić information content (AvgIpc) is 3.43. The zero-order chi connectivity index (χ0) is 22.9. The molecule has 0 aliphatic carbocycles. The largest absolute Gasteiger partial charge is 0.298 e. The summed E-state index contributed by atoms with van der Waals surface area (Å²) in [5.74, 6) is -0.628. The van der Waals surface area contributed by atoms with E-state index >= 15 is 0 Å². The lowest BCUT2D eigenvalue weighted by atomic mass is 10.2. The Morgan fingerprint density at radius 3 is 2.53 bits per heavy atom. The summed E-state index contributed by atoms with van der Waals surface area (Å²) in [5, 5.41) is 2.93. The van der Waals surface area contributed by atoms with Crippen LogP contribution in [0.25, 0.3) is 10.2 Å². The number of anilines is 1. The fourth-order valence-corrected chi connectivity index (χ4v) is 7.72. The minimum Gasteiger partial charge on any atom is -0.298 e. The van der Waals surface area contributed by atoms with Crippen LogP contribution >= 0.6 is 11.3 Å². The van der Waals surface area contributed by atoms with Gasteiger partial charge in [-0.05, 0) is 49.6 Å². The van der Waals surface area contributed by atoms with E-state index in [2.05, 4.69) is 10.3 Å². The lowest BCUT2D eigenvalue weighted by molar-refractivity contribution is 0.102. The molecule has 0 unspecified atom stereocenters. The van der Waals surface area contributed by atoms with Gasteiger partial charge < -0.3 is 0 Å². The van der Waals surface area contributed by atoms with Crippen LogP contribution < -0.4 is 5.32 Å². The standard InChI is InChI=1S/C21H23N3O5S3/c1-2-13-31(26,27)19-8-4-3-7-16(19)20(25)23-21-22-17-10-9-15(14-18(17)30-21)32(28,29)24-11-5-6-12-24/h3-4,7-10,14H,2,5-6,11-13H2,1H3,(H,22,23,25). The quantitative estimate of drug-likeness (QED) is 0.539. The van der Waals surface area contributed by atoms with Gasteiger partial charge in [-0.25, -0.2) is 21.8 Å². The maximum absolute atomic E-state index is 12.9. The van der Waals surface area contributed by atoms with Gasteiger partial charge in [0.25, 0.3) is 5.91 Å². The van der Waals surface area contributed by atoms with Crippen molar-refractivity contribution in [2.45, 2.75) is 36.0 Å². The van der Waals surface area contributed by atoms with Crippen LogP contribution in [0.2, 0.25) is 0 Å². The maximum atomic E-state index is 12.9. The Morgan fingerprint density at radius 1 is 1.09 bits per heavy atom. The first-order valence-electron chi connectivity index (χ1n) is 10.3. The molecule has 0 atom stereocenters. The first-order valence-corrected chi connectivity index (χ1v) is 14.2. The van der Waals surface area contributed by atoms with Crippen molar-refractivity contribution in [1.29, 1.82) is 0 Å². The van der Waals surface area contributed by atoms with Crippen molar-refractivity contribution < 1.29 is 21.6 Å². The first-order chi connectivity index (χ1) is 15.2. The second-order valence-electron chi connectivity index (χ2n) is 7.53. The number of aromatic nitrogens is 1. The monoisotopic (exact) mass is 493 g/mol. The fraction of sp³-hybridized carbons (Fsp3) is 0.333. The molecule has 2 heterocycles. The molecule has 0 spiro atoms. The first kappa shape index (κ1) is 22.8. The third-order valence-corrected chi connectivity index (χ3v) is 10.0. The predicted octanol–water partition coefficient (Wildman–Crippen LogP) is 3.52. The van der Waals surface area contributed by atoms with Crippen LogP contribution in [0.15, 0.2) is 52.3 Å². The van der Waals surface area contributed by atoms with E-state index < -0.39 is 25.8 Å². The van der Waals surface area contributed by atoms with Crippen molar-refractivity contribution in [2.24, 2.45) is 0 Å². The van der Waals surface area contributed by atoms with Crippen LogP contribution in [-0.4, -0.2) is 50.9 Å². The SMILES string of the molecule is CCCS(=O)(=O)c1ccccc1C(=O)Nc1nc2ccc(S(=O)(=O)N3CCCC3)cc2s1. The van der Waals surface area contributed by atoms with Crippen LogP contribution in [0.3, 0.4) is 0 Å². The van der Waals surface area contributed by atoms with Gasteiger partial charge in [0.15, 0.2) is 15.0 Å². The van der Waals surface area contributed by atoms with Gasteiger partial charge >= 0.3 is 0 Å². The van der Waals surface area contributed by atoms with E-state index in [0.717, 1.165) is 24.2 Å². The molecule has 8 nitrogen and oxygen atoms in total. The van der Waals surface area contributed by atoms with Gasteiger partial charge in [0.1, 0.15) is 0 Å². The molecular weight excluding hydrogens is 470 g/mol. The Morgan fingerprint density at radius 2 is 1.81 bits per heavy atom. The zero-order valence-electron chi connectivity index (χ0n) is 17.4. The summed E-state index contributed by atoms with van der Waals surface area (Å²) in [7, 11) is -7.14. The molecular formula is C21H23N3O5S3. The number of amides is 1. The number of hydrogen-bond acceptors (Lipinski definition) is 7. The number of nitrogens with one attached hydrogen (secondary N) is 1. The number of sulfone groups is 1. The molecule has 32 heavy (non-hydrogen) atoms. The lowest BCUT2D eigenvalue weighted by Gasteiger charge is -2.15. The van der Waals surface area contributed by atoms with E-state index in [1.807, 2.05) is 0 Å². The molecule has 170 valence electrons. The molecule has 1 aliphatic heterocycles. The number of fused-ring (bicyclic) bond motifs is 1. The van der Waals surface area contributed by atoms with E-state index in [4.69, 9.17) is 0 Å². The molecule has 1 N–H and O–H groups in total. The van der Waals surface area contributed by atoms with Crippen LogP contribution in [-0.2, 0) is 19.9 Å². The molecule has 1 aromatic heterocycles. The number of carbonyl (C=O) groups is 1. The smallest absolute Gasteiger partial charge is 0.258 e. The average molecular weight is 494 g/mol. The van der Waals surface area contributed by atoms with E-state index in [9.17, 15) is 21.6 Å². The van der Waals surface area contributed by atoms with Gasteiger partial charge in [-0.2, -0.15) is 4.31 Å². The number of carbonyl (C=O) groups excluding carboxylic acids is 1. The van der Waals surface area contributed by atoms with Gasteiger partial charge in [-0.1, -0.05) is 30.4 Å². The third-order valence-electron chi connectivity index (χ3n) is 5.22. The Bertz CT molecular complexity index is 1370. The van der Waals surface area contributed by atoms with E-state index in [0.29, 0.717) is 29.7 Å². The number of sulfonamides is 1. The van der Waals surface area contributed by atoms with Crippen LogP contribution in [0.4, 0.5) is 5.13 Å². The van der Waals surface area contributed by atoms with Crippen molar-refractivity contribution in [3.05, 3.63) is 48.0 Å². The second kappa shape index (κ2) is 8.89. The molecule has 11 heteroatoms. The van der Waals surface area contributed by atoms with Gasteiger partial charge in [-0.3, -0.25) is 10.1 Å². The molecule has 4 rings (SSSR count). The number of rotatable bonds is 7. The summed E-state index contributed by atoms with van der Waals surface area (Å²) < 4.78 is 52.8. The van der Waals surface area contributed by atoms with E-state index in [-0.39, 0.29) is 26.2 Å². The summed E-state index contributed by atoms with van der Waals surface area (Å²) in [6.07, 6.45) is 2.15. The highest BCUT2D eigenvalue weighted by molar-refractivity contribution is 7.91. The highest BCUT2D eigenvalue weighted by Crippen LogP contribution is 2.30. The van der Waals surface area contributed by atoms with Crippen LogP contribution in [0.1, 0.15) is 36.5 Å². The Balaban J connectivity index is 1.62. The van der Waals surface area contributed by atoms with Crippen LogP contribution in [0, 0.1) is 0 Å². The van der Waals surface area contributed by atoms with Crippen molar-refractivity contribution >= 4 is 52.5 Å². The van der Waals surface area contributed by atoms with Gasteiger partial charge in [0.05, 0.1) is 31.3 Å². The molecule has 0 bridgehead atoms. The topological polar surface area (TPSA) is 114 Å². The normalized spacial score (nSPS) is 15.3. The molecule has 1 amide bonds. The summed E-state index contributed by atoms with van der Waals surface area (Å²) in [6.45, 7) is 2.80. The Hall–Kier alpha value is -2.34. The summed E-state index contributed by atoms with van der Waals surface area (Å²) >= 11 is 1.14. The molecule has 1 fully saturated rings. The van der Waals surface area contributed by atoms with Gasteiger partial charge in [0, 0.05) is 13.1 Å². The molecule has 0 saturated carbocycles. The minimum atomic E-state index is -3.58. The predicted molar refractivity (Wildman–Crippen MR) is 124 cm³/mol. The van der Waals surface area contributed by atoms with Gasteiger partial charge in [0.2, 0.25) is 10.0 Å². The van der Waals surface area contributed by atoms with Crippen molar-refractivity contribution in [2.75, 3.05) is 24.2 Å². The number of hydrogen-bond donors (Lipinski definition) is 1. The second-order valence-corrected chi connectivity index (χ2v) is 12.6. The molecule has 2 aromatic carbocycles. The zero-order valence-corrected chi connectivity index (χ0v) is 19.9. The highest BCUT2D eigenvalue weighted by atomic mass is 32.2. The van der Waals surface area contributed by atoms with Crippen molar-refractivity contribution in [3.8, 4) is 0 Å². The molecule has 3 aromatic rings. The fourth-order valence-electron chi connectivity index (χ4n) is 3.66. The lowest BCUT2D eigenvalue weighted by Crippen LogP contribution is -2.27. The van der Waals surface area contributed by atoms with Crippen molar-refractivity contribution in [3.63, 3.8) is 0 Å². The van der Waals surface area contributed by atoms with Gasteiger partial charge in [-0.15, -0.1) is 0 Å². The molecule has 1 saturated heterocycles. The number of nitrogens with zero attached hydrogens (tertiary/aromatic N) is 2. The minimum absolute atomic E-state index is 0.0144. The molecule has 0 radical (unpaired) electrons. The van der Waals surface area contributed by atoms with E-state index in [1.54, 1.807) is 31.2 Å². The maximum Gasteiger partial charge on any atom is 0.258 e. The number of thiazole rings is 1. The summed E-state index contributed by atoms with van der Waals surface area (Å²) in [5.41, 5.74) is 0.607. The Labute approximate surface area is 191 Å². The van der Waals surface area contributed by atoms with E-state index in [1.165, 1.54) is 22.5 Å². The molecule has 1 aliphatic rings. The highest BCUT2D eigenvalue weighted by Gasteiger charge is 2.28. The summed E-state index contributed by atoms with van der Waals surface area (Å²) in [6, 6.07) is 10.8. The number of benzene rings is 2.